The van der Waals surface area contributed by atoms with Gasteiger partial charge in [0, 0.05) is 12.1 Å². The van der Waals surface area contributed by atoms with Gasteiger partial charge in [-0.3, -0.25) is 0 Å². The molecule has 1 aliphatic rings. The van der Waals surface area contributed by atoms with Crippen LogP contribution in [-0.4, -0.2) is 18.6 Å². The summed E-state index contributed by atoms with van der Waals surface area (Å²) in [6.45, 7) is 7.80. The minimum absolute atomic E-state index is 0.231. The molecule has 0 aliphatic carbocycles. The molecule has 0 amide bonds. The quantitative estimate of drug-likeness (QED) is 0.626. The molecule has 0 aromatic rings. The Morgan fingerprint density at radius 1 is 1.33 bits per heavy atom. The van der Waals surface area contributed by atoms with E-state index in [1.807, 2.05) is 0 Å². The Labute approximate surface area is 75.9 Å². The highest BCUT2D eigenvalue weighted by Gasteiger charge is 2.29. The van der Waals surface area contributed by atoms with E-state index in [4.69, 9.17) is 5.73 Å². The molecule has 0 spiro atoms. The lowest BCUT2D eigenvalue weighted by Gasteiger charge is -2.36. The van der Waals surface area contributed by atoms with E-state index in [1.165, 1.54) is 19.3 Å². The summed E-state index contributed by atoms with van der Waals surface area (Å²) in [7, 11) is 0. The second-order valence-corrected chi connectivity index (χ2v) is 4.95. The fourth-order valence-electron chi connectivity index (χ4n) is 1.79. The van der Waals surface area contributed by atoms with E-state index in [-0.39, 0.29) is 11.5 Å². The number of nitrogens with two attached hydrogens (primary N) is 1. The van der Waals surface area contributed by atoms with E-state index in [9.17, 15) is 0 Å². The van der Waals surface area contributed by atoms with E-state index in [2.05, 4.69) is 26.1 Å². The van der Waals surface area contributed by atoms with Crippen molar-refractivity contribution in [2.24, 2.45) is 11.1 Å². The highest BCUT2D eigenvalue weighted by molar-refractivity contribution is 4.89. The van der Waals surface area contributed by atoms with Crippen LogP contribution >= 0.6 is 0 Å². The summed E-state index contributed by atoms with van der Waals surface area (Å²) in [6.07, 6.45) is 3.90. The van der Waals surface area contributed by atoms with Gasteiger partial charge in [-0.15, -0.1) is 0 Å². The van der Waals surface area contributed by atoms with Gasteiger partial charge in [-0.1, -0.05) is 27.2 Å². The molecular formula is C10H22N2. The molecule has 2 unspecified atom stereocenters. The number of hydrogen-bond donors (Lipinski definition) is 2. The average molecular weight is 170 g/mol. The van der Waals surface area contributed by atoms with Gasteiger partial charge < -0.3 is 11.1 Å². The van der Waals surface area contributed by atoms with E-state index < -0.39 is 0 Å². The normalized spacial score (nSPS) is 28.5. The topological polar surface area (TPSA) is 38.0 Å². The van der Waals surface area contributed by atoms with Crippen LogP contribution < -0.4 is 11.1 Å². The summed E-state index contributed by atoms with van der Waals surface area (Å²) >= 11 is 0. The van der Waals surface area contributed by atoms with Gasteiger partial charge in [0.15, 0.2) is 0 Å². The van der Waals surface area contributed by atoms with E-state index in [0.29, 0.717) is 6.04 Å². The van der Waals surface area contributed by atoms with Crippen LogP contribution in [0.2, 0.25) is 0 Å². The lowest BCUT2D eigenvalue weighted by molar-refractivity contribution is 0.227. The Hall–Kier alpha value is -0.0800. The zero-order valence-corrected chi connectivity index (χ0v) is 8.56. The molecule has 0 aromatic carbocycles. The Kier molecular flexibility index (Phi) is 3.13. The molecule has 1 heterocycles. The Bertz CT molecular complexity index is 131. The first kappa shape index (κ1) is 10.0. The van der Waals surface area contributed by atoms with Gasteiger partial charge in [0.2, 0.25) is 0 Å². The van der Waals surface area contributed by atoms with Gasteiger partial charge in [0.1, 0.15) is 0 Å². The van der Waals surface area contributed by atoms with Gasteiger partial charge in [-0.2, -0.15) is 0 Å². The third kappa shape index (κ3) is 2.46. The van der Waals surface area contributed by atoms with Crippen LogP contribution in [0.3, 0.4) is 0 Å². The third-order valence-electron chi connectivity index (χ3n) is 2.78. The molecule has 72 valence electrons. The first-order valence-corrected chi connectivity index (χ1v) is 5.01. The number of nitrogens with one attached hydrogen (secondary N) is 1. The van der Waals surface area contributed by atoms with Crippen LogP contribution in [-0.2, 0) is 0 Å². The van der Waals surface area contributed by atoms with Crippen molar-refractivity contribution in [3.63, 3.8) is 0 Å². The van der Waals surface area contributed by atoms with Crippen molar-refractivity contribution in [2.45, 2.75) is 52.1 Å². The first-order chi connectivity index (χ1) is 5.52. The molecule has 1 saturated heterocycles. The predicted molar refractivity (Wildman–Crippen MR) is 53.1 cm³/mol. The number of piperidine rings is 1. The molecule has 1 fully saturated rings. The highest BCUT2D eigenvalue weighted by Crippen LogP contribution is 2.23. The van der Waals surface area contributed by atoms with Crippen LogP contribution in [0.4, 0.5) is 0 Å². The number of hydrogen-bond acceptors (Lipinski definition) is 2. The van der Waals surface area contributed by atoms with Crippen LogP contribution in [0.15, 0.2) is 0 Å². The molecule has 3 N–H and O–H groups in total. The molecule has 0 bridgehead atoms. The molecule has 2 heteroatoms. The summed E-state index contributed by atoms with van der Waals surface area (Å²) in [5.74, 6) is 0. The third-order valence-corrected chi connectivity index (χ3v) is 2.78. The lowest BCUT2D eigenvalue weighted by Crippen LogP contribution is -2.53. The second kappa shape index (κ2) is 3.75. The Balaban J connectivity index is 2.45. The molecule has 1 aliphatic heterocycles. The second-order valence-electron chi connectivity index (χ2n) is 4.95. The lowest BCUT2D eigenvalue weighted by atomic mass is 9.80. The van der Waals surface area contributed by atoms with Gasteiger partial charge in [0.25, 0.3) is 0 Å². The first-order valence-electron chi connectivity index (χ1n) is 5.01. The van der Waals surface area contributed by atoms with Crippen molar-refractivity contribution >= 4 is 0 Å². The van der Waals surface area contributed by atoms with Crippen molar-refractivity contribution in [3.8, 4) is 0 Å². The summed E-state index contributed by atoms with van der Waals surface area (Å²) in [4.78, 5) is 0. The maximum atomic E-state index is 6.16. The minimum atomic E-state index is 0.231. The summed E-state index contributed by atoms with van der Waals surface area (Å²) < 4.78 is 0. The summed E-state index contributed by atoms with van der Waals surface area (Å²) in [5, 5.41) is 3.50. The Morgan fingerprint density at radius 3 is 2.42 bits per heavy atom. The highest BCUT2D eigenvalue weighted by atomic mass is 15.0. The van der Waals surface area contributed by atoms with Crippen molar-refractivity contribution < 1.29 is 0 Å². The maximum Gasteiger partial charge on any atom is 0.0243 e. The fourth-order valence-corrected chi connectivity index (χ4v) is 1.79. The molecular weight excluding hydrogens is 148 g/mol. The van der Waals surface area contributed by atoms with Crippen LogP contribution in [0, 0.1) is 5.41 Å². The van der Waals surface area contributed by atoms with Gasteiger partial charge in [0.05, 0.1) is 0 Å². The maximum absolute atomic E-state index is 6.16. The standard InChI is InChI=1S/C10H22N2/c1-10(2,3)9(11)8-6-4-5-7-12-8/h8-9,12H,4-7,11H2,1-3H3. The molecule has 0 saturated carbocycles. The van der Waals surface area contributed by atoms with E-state index in [0.717, 1.165) is 6.54 Å². The molecule has 2 atom stereocenters. The minimum Gasteiger partial charge on any atom is -0.326 e. The average Bonchev–Trinajstić information content (AvgIpc) is 2.03. The largest absolute Gasteiger partial charge is 0.326 e. The van der Waals surface area contributed by atoms with E-state index >= 15 is 0 Å². The monoisotopic (exact) mass is 170 g/mol. The molecule has 0 aromatic heterocycles. The Morgan fingerprint density at radius 2 is 2.00 bits per heavy atom. The van der Waals surface area contributed by atoms with Crippen LogP contribution in [0.25, 0.3) is 0 Å². The van der Waals surface area contributed by atoms with Crippen LogP contribution in [0.5, 0.6) is 0 Å². The zero-order valence-electron chi connectivity index (χ0n) is 8.56. The van der Waals surface area contributed by atoms with Crippen molar-refractivity contribution in [1.82, 2.24) is 5.32 Å². The number of rotatable bonds is 1. The van der Waals surface area contributed by atoms with Gasteiger partial charge in [-0.25, -0.2) is 0 Å². The summed E-state index contributed by atoms with van der Waals surface area (Å²) in [6, 6.07) is 0.830. The zero-order chi connectivity index (χ0) is 9.19. The van der Waals surface area contributed by atoms with Crippen molar-refractivity contribution in [1.29, 1.82) is 0 Å². The molecule has 0 radical (unpaired) electrons. The summed E-state index contributed by atoms with van der Waals surface area (Å²) in [5.41, 5.74) is 6.39. The van der Waals surface area contributed by atoms with Gasteiger partial charge >= 0.3 is 0 Å². The van der Waals surface area contributed by atoms with Gasteiger partial charge in [-0.05, 0) is 24.8 Å². The van der Waals surface area contributed by atoms with Crippen molar-refractivity contribution in [2.75, 3.05) is 6.54 Å². The van der Waals surface area contributed by atoms with E-state index in [1.54, 1.807) is 0 Å². The van der Waals surface area contributed by atoms with Crippen LogP contribution in [0.1, 0.15) is 40.0 Å². The molecule has 1 rings (SSSR count). The predicted octanol–water partition coefficient (Wildman–Crippen LogP) is 1.50. The fraction of sp³-hybridized carbons (Fsp3) is 1.00. The smallest absolute Gasteiger partial charge is 0.0243 e. The molecule has 12 heavy (non-hydrogen) atoms. The SMILES string of the molecule is CC(C)(C)C(N)C1CCCCN1. The van der Waals surface area contributed by atoms with Crippen molar-refractivity contribution in [3.05, 3.63) is 0 Å². The molecule has 2 nitrogen and oxygen atoms in total.